The van der Waals surface area contributed by atoms with Crippen molar-refractivity contribution in [2.45, 2.75) is 135 Å². The molecule has 18 aliphatic rings. The Kier molecular flexibility index (Phi) is 28.2. The van der Waals surface area contributed by atoms with Crippen molar-refractivity contribution in [3.05, 3.63) is 163 Å². The molecule has 0 bridgehead atoms. The fourth-order valence-electron chi connectivity index (χ4n) is 23.4. The fourth-order valence-corrected chi connectivity index (χ4v) is 24.3. The minimum atomic E-state index is 0.750. The number of aromatic nitrogens is 7. The number of hydrogen-bond acceptors (Lipinski definition) is 34. The molecular formula is C106H138N34S. The van der Waals surface area contributed by atoms with Gasteiger partial charge in [0.15, 0.2) is 34.6 Å². The number of fused-ring (bicyclic) bond motifs is 11. The van der Waals surface area contributed by atoms with E-state index >= 15 is 0 Å². The number of para-hydroxylation sites is 4. The molecule has 9 aromatic rings. The predicted molar refractivity (Wildman–Crippen MR) is 570 cm³/mol. The molecule has 0 aliphatic carbocycles. The average Bonchev–Trinajstić information content (AvgIpc) is 1.59. The van der Waals surface area contributed by atoms with Gasteiger partial charge in [0.05, 0.1) is 39.3 Å². The first-order chi connectivity index (χ1) is 69.9. The Balaban J connectivity index is 0.0000001000. The molecule has 0 saturated carbocycles. The fraction of sp³-hybridized carbons (Fsp3) is 0.538. The molecule has 27 rings (SSSR count). The van der Waals surface area contributed by atoms with Gasteiger partial charge in [-0.2, -0.15) is 4.98 Å². The van der Waals surface area contributed by atoms with Crippen molar-refractivity contribution in [3.63, 3.8) is 0 Å². The first-order valence-electron chi connectivity index (χ1n) is 53.2. The predicted octanol–water partition coefficient (Wildman–Crippen LogP) is 12.1. The second-order valence-corrected chi connectivity index (χ2v) is 40.8. The quantitative estimate of drug-likeness (QED) is 0.0980. The van der Waals surface area contributed by atoms with E-state index in [1.807, 2.05) is 24.5 Å². The minimum absolute atomic E-state index is 0.750. The Hall–Kier alpha value is -13.0. The zero-order valence-corrected chi connectivity index (χ0v) is 83.1. The third kappa shape index (κ3) is 20.4. The second kappa shape index (κ2) is 43.2. The molecule has 22 heterocycles. The molecule has 141 heavy (non-hydrogen) atoms. The molecule has 0 spiro atoms. The zero-order chi connectivity index (χ0) is 94.0. The Labute approximate surface area is 833 Å². The van der Waals surface area contributed by atoms with Gasteiger partial charge in [-0.05, 0) is 169 Å². The molecule has 18 aliphatic heterocycles. The van der Waals surface area contributed by atoms with Crippen LogP contribution in [-0.2, 0) is 19.6 Å². The number of guanidine groups is 9. The van der Waals surface area contributed by atoms with Gasteiger partial charge in [-0.25, -0.2) is 24.9 Å². The van der Waals surface area contributed by atoms with Crippen molar-refractivity contribution in [1.82, 2.24) is 93.3 Å². The summed E-state index contributed by atoms with van der Waals surface area (Å²) < 4.78 is 3.52. The van der Waals surface area contributed by atoms with Gasteiger partial charge in [0.2, 0.25) is 47.7 Å². The molecule has 0 unspecified atom stereocenters. The molecule has 0 atom stereocenters. The molecule has 9 fully saturated rings. The third-order valence-corrected chi connectivity index (χ3v) is 30.9. The van der Waals surface area contributed by atoms with Gasteiger partial charge in [0.1, 0.15) is 5.82 Å². The van der Waals surface area contributed by atoms with E-state index in [0.29, 0.717) is 0 Å². The number of aliphatic imine (C=N–C) groups is 9. The lowest BCUT2D eigenvalue weighted by Crippen LogP contribution is -2.54. The van der Waals surface area contributed by atoms with Gasteiger partial charge in [-0.3, -0.25) is 78.9 Å². The Morgan fingerprint density at radius 3 is 1.00 bits per heavy atom. The van der Waals surface area contributed by atoms with E-state index in [2.05, 4.69) is 214 Å². The molecule has 9 saturated heterocycles. The van der Waals surface area contributed by atoms with Crippen LogP contribution in [0.5, 0.6) is 0 Å². The van der Waals surface area contributed by atoms with Gasteiger partial charge < -0.3 is 58.8 Å². The molecule has 35 heteroatoms. The van der Waals surface area contributed by atoms with Crippen LogP contribution in [0.2, 0.25) is 0 Å². The molecular weight excluding hydrogens is 1780 g/mol. The maximum Gasteiger partial charge on any atom is 0.234 e. The smallest absolute Gasteiger partial charge is 0.234 e. The van der Waals surface area contributed by atoms with Crippen LogP contribution in [0.1, 0.15) is 132 Å². The third-order valence-electron chi connectivity index (χ3n) is 29.8. The highest BCUT2D eigenvalue weighted by Crippen LogP contribution is 2.37. The summed E-state index contributed by atoms with van der Waals surface area (Å²) >= 11 is 1.77. The summed E-state index contributed by atoms with van der Waals surface area (Å²) in [7, 11) is 0. The number of thiazole rings is 1. The van der Waals surface area contributed by atoms with Gasteiger partial charge in [0, 0.05) is 273 Å². The maximum atomic E-state index is 5.11. The highest BCUT2D eigenvalue weighted by Gasteiger charge is 2.39. The molecule has 0 radical (unpaired) electrons. The molecule has 0 amide bonds. The van der Waals surface area contributed by atoms with Crippen LogP contribution in [-0.4, -0.2) is 383 Å². The Morgan fingerprint density at radius 2 is 0.574 bits per heavy atom. The SMILES string of the molecule is c1c(CN2CCCN3CCCN=C32)cc(CN2CCCN3CCCN=C32)cc1CN1CCCN2CCCN=C21.c1ccc(-c2cc(N3CCCN4CCCN=C43)nc(N3CCCN4CCCN=C43)n2)cc1.c1ccc(-n2c(N3CCCN4CCCN=C43)nc3ccccc32)cc1.c1ccc2sc(N3CCCN4CCCN=C43)nc2c1.c1nc(N2CCCN3CCCN=C32)cnc1N1CCCN2CCCN=C21. The van der Waals surface area contributed by atoms with Gasteiger partial charge in [-0.15, -0.1) is 0 Å². The summed E-state index contributed by atoms with van der Waals surface area (Å²) in [6.07, 6.45) is 24.7. The van der Waals surface area contributed by atoms with Crippen LogP contribution >= 0.6 is 11.3 Å². The van der Waals surface area contributed by atoms with Crippen molar-refractivity contribution >= 4 is 121 Å². The minimum Gasteiger partial charge on any atom is -0.343 e. The number of nitrogens with zero attached hydrogens (tertiary/aromatic N) is 34. The molecule has 4 aromatic heterocycles. The topological polar surface area (TPSA) is 252 Å². The highest BCUT2D eigenvalue weighted by molar-refractivity contribution is 7.22. The summed E-state index contributed by atoms with van der Waals surface area (Å²) in [5.74, 6) is 14.6. The van der Waals surface area contributed by atoms with Crippen molar-refractivity contribution in [1.29, 1.82) is 0 Å². The van der Waals surface area contributed by atoms with E-state index in [0.717, 1.165) is 423 Å². The van der Waals surface area contributed by atoms with Crippen molar-refractivity contribution < 1.29 is 0 Å². The largest absolute Gasteiger partial charge is 0.343 e. The van der Waals surface area contributed by atoms with Crippen molar-refractivity contribution in [2.75, 3.05) is 265 Å². The van der Waals surface area contributed by atoms with Gasteiger partial charge in [-0.1, -0.05) is 102 Å². The van der Waals surface area contributed by atoms with E-state index in [1.165, 1.54) is 90.6 Å². The van der Waals surface area contributed by atoms with E-state index in [4.69, 9.17) is 74.8 Å². The number of benzene rings is 5. The van der Waals surface area contributed by atoms with Crippen molar-refractivity contribution in [2.24, 2.45) is 44.9 Å². The lowest BCUT2D eigenvalue weighted by Gasteiger charge is -2.42. The summed E-state index contributed by atoms with van der Waals surface area (Å²) in [6.45, 7) is 40.4. The van der Waals surface area contributed by atoms with Crippen LogP contribution in [0.3, 0.4) is 0 Å². The van der Waals surface area contributed by atoms with Gasteiger partial charge in [0.25, 0.3) is 0 Å². The number of rotatable bonds is 14. The standard InChI is InChI=1S/C30H45N9.C24H30N8.C20H21N5.C18H26N8.C14H16N4S/c1-7-31-28-34(10-1)13-4-16-37(28)22-25-19-26(23-38-17-5-14-35-11-2-8-32-29(35)38)21-27(20-25)24-39-18-6-15-36-12-3-9-33-30(36)39;1-2-8-19(9-3-1)20-18-21(31-16-6-14-29-12-4-10-25-23(29)31)28-22(27-20)32-17-7-15-30-13-5-11-26-24(30)32;1-2-8-16(9-3-1)25-18-11-5-4-10-17(18)22-20(25)24-15-7-14-23-13-6-12-21-19(23)24;1-5-19-17-23(7-1)9-3-11-25(17)15-13-22-16(14-21-15)26-12-4-10-24-8-2-6-20-18(24)26;1-2-6-12-11(5-1)16-14(19-12)18-10-4-9-17-8-3-7-15-13(17)18/h19-21H,1-18,22-24H2;1-3,8-9,18H,4-7,10-17H2;1-5,8-11H,6-7,12-15H2;13-14H,1-12H2;1-2,5-6H,3-4,7-10H2. The first-order valence-corrected chi connectivity index (χ1v) is 54.0. The number of hydrogen-bond donors (Lipinski definition) is 0. The summed E-state index contributed by atoms with van der Waals surface area (Å²) in [4.78, 5) is 116. The van der Waals surface area contributed by atoms with Crippen LogP contribution in [0.25, 0.3) is 38.2 Å². The Morgan fingerprint density at radius 1 is 0.248 bits per heavy atom. The van der Waals surface area contributed by atoms with Crippen LogP contribution in [0.15, 0.2) is 191 Å². The second-order valence-electron chi connectivity index (χ2n) is 39.8. The van der Waals surface area contributed by atoms with E-state index in [-0.39, 0.29) is 0 Å². The van der Waals surface area contributed by atoms with E-state index in [9.17, 15) is 0 Å². The summed E-state index contributed by atoms with van der Waals surface area (Å²) in [5, 5.41) is 1.09. The number of imidazole rings is 1. The summed E-state index contributed by atoms with van der Waals surface area (Å²) in [6, 6.07) is 47.1. The lowest BCUT2D eigenvalue weighted by molar-refractivity contribution is 0.235. The Bertz CT molecular complexity index is 5820. The van der Waals surface area contributed by atoms with Crippen LogP contribution < -0.4 is 29.4 Å². The van der Waals surface area contributed by atoms with Gasteiger partial charge >= 0.3 is 0 Å². The van der Waals surface area contributed by atoms with Crippen molar-refractivity contribution in [3.8, 4) is 16.9 Å². The van der Waals surface area contributed by atoms with E-state index < -0.39 is 0 Å². The molecule has 34 nitrogen and oxygen atoms in total. The monoisotopic (exact) mass is 1920 g/mol. The molecule has 5 aromatic carbocycles. The average molecular weight is 1920 g/mol. The normalized spacial score (nSPS) is 21.3. The lowest BCUT2D eigenvalue weighted by atomic mass is 10.0. The maximum absolute atomic E-state index is 5.11. The highest BCUT2D eigenvalue weighted by atomic mass is 32.1. The molecule has 738 valence electrons. The zero-order valence-electron chi connectivity index (χ0n) is 82.3. The molecule has 0 N–H and O–H groups in total. The summed E-state index contributed by atoms with van der Waals surface area (Å²) in [5.41, 5.74) is 10.7. The van der Waals surface area contributed by atoms with Crippen LogP contribution in [0, 0.1) is 0 Å². The number of anilines is 6. The van der Waals surface area contributed by atoms with E-state index in [1.54, 1.807) is 11.3 Å². The first kappa shape index (κ1) is 91.8. The van der Waals surface area contributed by atoms with Crippen LogP contribution in [0.4, 0.5) is 34.5 Å².